The first-order valence-electron chi connectivity index (χ1n) is 5.84. The van der Waals surface area contributed by atoms with Crippen LogP contribution in [-0.4, -0.2) is 29.6 Å². The molecule has 0 aliphatic rings. The monoisotopic (exact) mass is 266 g/mol. The Kier molecular flexibility index (Phi) is 4.68. The summed E-state index contributed by atoms with van der Waals surface area (Å²) in [5.74, 6) is 0.273. The molecular weight excluding hydrogens is 248 g/mol. The molecule has 1 rings (SSSR count). The van der Waals surface area contributed by atoms with E-state index in [0.717, 1.165) is 6.54 Å². The number of anilines is 1. The van der Waals surface area contributed by atoms with Crippen LogP contribution in [0.2, 0.25) is 0 Å². The van der Waals surface area contributed by atoms with Crippen molar-refractivity contribution in [3.63, 3.8) is 0 Å². The van der Waals surface area contributed by atoms with Crippen LogP contribution in [0.3, 0.4) is 0 Å². The molecule has 0 atom stereocenters. The molecule has 0 aliphatic carbocycles. The highest BCUT2D eigenvalue weighted by Crippen LogP contribution is 2.25. The summed E-state index contributed by atoms with van der Waals surface area (Å²) in [4.78, 5) is 12.2. The van der Waals surface area contributed by atoms with Gasteiger partial charge in [0.15, 0.2) is 5.84 Å². The van der Waals surface area contributed by atoms with Gasteiger partial charge in [0, 0.05) is 31.4 Å². The Morgan fingerprint density at radius 1 is 1.58 bits per heavy atom. The second kappa shape index (κ2) is 6.03. The number of oxime groups is 1. The smallest absolute Gasteiger partial charge is 0.270 e. The maximum absolute atomic E-state index is 10.8. The van der Waals surface area contributed by atoms with E-state index in [1.807, 2.05) is 11.9 Å². The molecule has 0 saturated carbocycles. The average Bonchev–Trinajstić information content (AvgIpc) is 2.36. The lowest BCUT2D eigenvalue weighted by Crippen LogP contribution is -2.26. The van der Waals surface area contributed by atoms with Crippen LogP contribution in [0.5, 0.6) is 0 Å². The van der Waals surface area contributed by atoms with Gasteiger partial charge in [-0.3, -0.25) is 10.1 Å². The van der Waals surface area contributed by atoms with Crippen molar-refractivity contribution in [2.75, 3.05) is 18.5 Å². The molecule has 7 nitrogen and oxygen atoms in total. The fourth-order valence-electron chi connectivity index (χ4n) is 1.88. The highest BCUT2D eigenvalue weighted by Gasteiger charge is 2.16. The Hall–Kier alpha value is -2.31. The zero-order valence-corrected chi connectivity index (χ0v) is 11.2. The largest absolute Gasteiger partial charge is 0.409 e. The predicted octanol–water partition coefficient (Wildman–Crippen LogP) is 1.78. The lowest BCUT2D eigenvalue weighted by molar-refractivity contribution is -0.384. The Morgan fingerprint density at radius 2 is 2.21 bits per heavy atom. The van der Waals surface area contributed by atoms with Crippen LogP contribution in [0.15, 0.2) is 23.4 Å². The molecule has 7 heteroatoms. The molecule has 19 heavy (non-hydrogen) atoms. The molecule has 0 amide bonds. The first-order chi connectivity index (χ1) is 8.86. The maximum Gasteiger partial charge on any atom is 0.270 e. The maximum atomic E-state index is 10.8. The van der Waals surface area contributed by atoms with Gasteiger partial charge in [-0.2, -0.15) is 0 Å². The molecule has 0 spiro atoms. The topological polar surface area (TPSA) is 105 Å². The molecule has 1 aromatic rings. The molecule has 0 heterocycles. The zero-order chi connectivity index (χ0) is 14.6. The molecule has 104 valence electrons. The highest BCUT2D eigenvalue weighted by atomic mass is 16.6. The van der Waals surface area contributed by atoms with E-state index in [2.05, 4.69) is 19.0 Å². The predicted molar refractivity (Wildman–Crippen MR) is 73.7 cm³/mol. The van der Waals surface area contributed by atoms with Gasteiger partial charge in [-0.25, -0.2) is 0 Å². The van der Waals surface area contributed by atoms with Crippen LogP contribution in [0.25, 0.3) is 0 Å². The molecule has 0 radical (unpaired) electrons. The number of nitro groups is 1. The molecule has 1 aromatic carbocycles. The molecule has 0 aromatic heterocycles. The molecule has 0 saturated heterocycles. The van der Waals surface area contributed by atoms with Crippen LogP contribution in [-0.2, 0) is 0 Å². The first-order valence-corrected chi connectivity index (χ1v) is 5.84. The molecule has 0 bridgehead atoms. The van der Waals surface area contributed by atoms with Crippen molar-refractivity contribution in [1.29, 1.82) is 0 Å². The van der Waals surface area contributed by atoms with E-state index in [9.17, 15) is 10.1 Å². The number of non-ortho nitro benzene ring substituents is 1. The number of amidine groups is 1. The number of rotatable bonds is 5. The minimum Gasteiger partial charge on any atom is -0.409 e. The van der Waals surface area contributed by atoms with Crippen molar-refractivity contribution in [2.24, 2.45) is 16.8 Å². The van der Waals surface area contributed by atoms with Crippen LogP contribution < -0.4 is 10.6 Å². The van der Waals surface area contributed by atoms with Crippen molar-refractivity contribution < 1.29 is 10.1 Å². The quantitative estimate of drug-likeness (QED) is 0.278. The van der Waals surface area contributed by atoms with Gasteiger partial charge in [0.25, 0.3) is 5.69 Å². The van der Waals surface area contributed by atoms with Crippen LogP contribution >= 0.6 is 0 Å². The molecular formula is C12H18N4O3. The number of hydrogen-bond acceptors (Lipinski definition) is 5. The summed E-state index contributed by atoms with van der Waals surface area (Å²) in [5.41, 5.74) is 6.53. The molecule has 0 fully saturated rings. The molecule has 0 aliphatic heterocycles. The van der Waals surface area contributed by atoms with Crippen molar-refractivity contribution >= 4 is 17.2 Å². The van der Waals surface area contributed by atoms with E-state index in [1.165, 1.54) is 12.1 Å². The summed E-state index contributed by atoms with van der Waals surface area (Å²) in [6.07, 6.45) is 0. The fourth-order valence-corrected chi connectivity index (χ4v) is 1.88. The van der Waals surface area contributed by atoms with Crippen LogP contribution in [0.1, 0.15) is 19.4 Å². The third-order valence-corrected chi connectivity index (χ3v) is 2.62. The summed E-state index contributed by atoms with van der Waals surface area (Å²) in [6.45, 7) is 4.87. The summed E-state index contributed by atoms with van der Waals surface area (Å²) in [5, 5.41) is 22.5. The third-order valence-electron chi connectivity index (χ3n) is 2.62. The minimum absolute atomic E-state index is 0.0942. The first kappa shape index (κ1) is 14.7. The number of nitrogens with two attached hydrogens (primary N) is 1. The van der Waals surface area contributed by atoms with Gasteiger partial charge < -0.3 is 15.8 Å². The Labute approximate surface area is 111 Å². The van der Waals surface area contributed by atoms with Gasteiger partial charge in [-0.05, 0) is 12.0 Å². The Balaban J connectivity index is 3.27. The van der Waals surface area contributed by atoms with Gasteiger partial charge >= 0.3 is 0 Å². The summed E-state index contributed by atoms with van der Waals surface area (Å²) in [7, 11) is 1.86. The standard InChI is InChI=1S/C12H18N4O3/c1-8(2)7-15(3)11-5-4-9(16(18)19)6-10(11)12(13)14-17/h4-6,8,17H,7H2,1-3H3,(H2,13,14). The van der Waals surface area contributed by atoms with E-state index in [0.29, 0.717) is 17.2 Å². The normalized spacial score (nSPS) is 11.7. The van der Waals surface area contributed by atoms with E-state index < -0.39 is 4.92 Å². The van der Waals surface area contributed by atoms with Crippen molar-refractivity contribution in [3.05, 3.63) is 33.9 Å². The molecule has 3 N–H and O–H groups in total. The Morgan fingerprint density at radius 3 is 2.68 bits per heavy atom. The van der Waals surface area contributed by atoms with Gasteiger partial charge in [-0.1, -0.05) is 19.0 Å². The van der Waals surface area contributed by atoms with E-state index in [1.54, 1.807) is 6.07 Å². The fraction of sp³-hybridized carbons (Fsp3) is 0.417. The van der Waals surface area contributed by atoms with E-state index >= 15 is 0 Å². The summed E-state index contributed by atoms with van der Waals surface area (Å²) < 4.78 is 0. The van der Waals surface area contributed by atoms with Crippen LogP contribution in [0.4, 0.5) is 11.4 Å². The number of nitro benzene ring substituents is 1. The number of hydrogen-bond donors (Lipinski definition) is 2. The van der Waals surface area contributed by atoms with Gasteiger partial charge in [0.05, 0.1) is 10.5 Å². The van der Waals surface area contributed by atoms with Gasteiger partial charge in [-0.15, -0.1) is 0 Å². The number of nitrogens with zero attached hydrogens (tertiary/aromatic N) is 3. The van der Waals surface area contributed by atoms with Crippen molar-refractivity contribution in [1.82, 2.24) is 0 Å². The van der Waals surface area contributed by atoms with Gasteiger partial charge in [0.2, 0.25) is 0 Å². The second-order valence-electron chi connectivity index (χ2n) is 4.72. The zero-order valence-electron chi connectivity index (χ0n) is 11.2. The van der Waals surface area contributed by atoms with E-state index in [4.69, 9.17) is 10.9 Å². The minimum atomic E-state index is -0.514. The van der Waals surface area contributed by atoms with Crippen LogP contribution in [0, 0.1) is 16.0 Å². The number of benzene rings is 1. The average molecular weight is 266 g/mol. The van der Waals surface area contributed by atoms with Crippen molar-refractivity contribution in [3.8, 4) is 0 Å². The van der Waals surface area contributed by atoms with Gasteiger partial charge in [0.1, 0.15) is 0 Å². The second-order valence-corrected chi connectivity index (χ2v) is 4.72. The highest BCUT2D eigenvalue weighted by molar-refractivity contribution is 6.02. The third kappa shape index (κ3) is 3.57. The van der Waals surface area contributed by atoms with Crippen molar-refractivity contribution in [2.45, 2.75) is 13.8 Å². The molecule has 0 unspecified atom stereocenters. The summed E-state index contributed by atoms with van der Waals surface area (Å²) >= 11 is 0. The summed E-state index contributed by atoms with van der Waals surface area (Å²) in [6, 6.07) is 4.31. The van der Waals surface area contributed by atoms with E-state index in [-0.39, 0.29) is 11.5 Å². The lowest BCUT2D eigenvalue weighted by atomic mass is 10.1. The SMILES string of the molecule is CC(C)CN(C)c1ccc([N+](=O)[O-])cc1C(N)=NO. The lowest BCUT2D eigenvalue weighted by Gasteiger charge is -2.23. The Bertz CT molecular complexity index is 500.